The molecule has 0 bridgehead atoms. The Kier molecular flexibility index (Phi) is 4.74. The van der Waals surface area contributed by atoms with Crippen molar-refractivity contribution >= 4 is 17.2 Å². The van der Waals surface area contributed by atoms with Crippen LogP contribution in [0.1, 0.15) is 52.1 Å². The Hall–Kier alpha value is -1.86. The topological polar surface area (TPSA) is 77.0 Å². The highest BCUT2D eigenvalue weighted by Crippen LogP contribution is 2.24. The van der Waals surface area contributed by atoms with Crippen molar-refractivity contribution in [1.29, 1.82) is 0 Å². The molecule has 1 atom stereocenters. The molecule has 1 N–H and O–H groups in total. The summed E-state index contributed by atoms with van der Waals surface area (Å²) in [5.74, 6) is 0.618. The summed E-state index contributed by atoms with van der Waals surface area (Å²) in [5.41, 5.74) is 3.30. The molecule has 1 aliphatic rings. The molecule has 1 amide bonds. The van der Waals surface area contributed by atoms with Crippen LogP contribution in [0.3, 0.4) is 0 Å². The summed E-state index contributed by atoms with van der Waals surface area (Å²) in [4.78, 5) is 25.5. The van der Waals surface area contributed by atoms with Gasteiger partial charge in [-0.05, 0) is 26.2 Å². The van der Waals surface area contributed by atoms with E-state index in [0.717, 1.165) is 43.0 Å². The first kappa shape index (κ1) is 15.1. The van der Waals surface area contributed by atoms with Crippen LogP contribution in [0.15, 0.2) is 17.9 Å². The van der Waals surface area contributed by atoms with Gasteiger partial charge in [0.2, 0.25) is 0 Å². The van der Waals surface area contributed by atoms with Crippen LogP contribution in [0.2, 0.25) is 0 Å². The van der Waals surface area contributed by atoms with Gasteiger partial charge in [0.1, 0.15) is 11.0 Å². The number of nitrogens with one attached hydrogen (secondary N) is 1. The minimum Gasteiger partial charge on any atom is -0.370 e. The van der Waals surface area contributed by atoms with E-state index in [-0.39, 0.29) is 12.0 Å². The molecule has 22 heavy (non-hydrogen) atoms. The van der Waals surface area contributed by atoms with Gasteiger partial charge in [-0.25, -0.2) is 15.0 Å². The van der Waals surface area contributed by atoms with Crippen molar-refractivity contribution in [3.8, 4) is 0 Å². The Labute approximate surface area is 133 Å². The van der Waals surface area contributed by atoms with E-state index in [1.54, 1.807) is 17.9 Å². The molecule has 1 aliphatic heterocycles. The first-order valence-corrected chi connectivity index (χ1v) is 8.22. The highest BCUT2D eigenvalue weighted by molar-refractivity contribution is 7.11. The second-order valence-corrected chi connectivity index (χ2v) is 6.11. The highest BCUT2D eigenvalue weighted by Gasteiger charge is 2.18. The number of aromatic nitrogens is 3. The van der Waals surface area contributed by atoms with Gasteiger partial charge in [0, 0.05) is 31.1 Å². The SMILES string of the molecule is Cc1ncsc1C(=O)NCc1cnc([C@H]2CCCCO2)nc1. The summed E-state index contributed by atoms with van der Waals surface area (Å²) in [6.07, 6.45) is 6.75. The minimum atomic E-state index is -0.111. The Morgan fingerprint density at radius 2 is 2.18 bits per heavy atom. The quantitative estimate of drug-likeness (QED) is 0.937. The van der Waals surface area contributed by atoms with Crippen LogP contribution in [0, 0.1) is 6.92 Å². The van der Waals surface area contributed by atoms with Crippen molar-refractivity contribution in [2.45, 2.75) is 38.8 Å². The molecule has 0 aliphatic carbocycles. The molecular formula is C15H18N4O2S. The average molecular weight is 318 g/mol. The Morgan fingerprint density at radius 1 is 1.36 bits per heavy atom. The molecule has 3 rings (SSSR count). The number of ether oxygens (including phenoxy) is 1. The molecule has 0 unspecified atom stereocenters. The van der Waals surface area contributed by atoms with Crippen LogP contribution in [0.5, 0.6) is 0 Å². The van der Waals surface area contributed by atoms with Gasteiger partial charge in [-0.1, -0.05) is 0 Å². The summed E-state index contributed by atoms with van der Waals surface area (Å²) in [6, 6.07) is 0. The van der Waals surface area contributed by atoms with E-state index in [1.807, 2.05) is 6.92 Å². The van der Waals surface area contributed by atoms with Gasteiger partial charge in [-0.15, -0.1) is 11.3 Å². The molecule has 7 heteroatoms. The molecule has 0 radical (unpaired) electrons. The zero-order chi connectivity index (χ0) is 15.4. The summed E-state index contributed by atoms with van der Waals surface area (Å²) in [6.45, 7) is 3.01. The maximum atomic E-state index is 12.0. The van der Waals surface area contributed by atoms with E-state index in [9.17, 15) is 4.79 Å². The van der Waals surface area contributed by atoms with E-state index >= 15 is 0 Å². The van der Waals surface area contributed by atoms with Crippen molar-refractivity contribution in [2.24, 2.45) is 0 Å². The smallest absolute Gasteiger partial charge is 0.263 e. The third-order valence-electron chi connectivity index (χ3n) is 3.60. The number of thiazole rings is 1. The predicted octanol–water partition coefficient (Wildman–Crippen LogP) is 2.41. The average Bonchev–Trinajstić information content (AvgIpc) is 3.00. The molecule has 3 heterocycles. The summed E-state index contributed by atoms with van der Waals surface area (Å²) < 4.78 is 5.66. The van der Waals surface area contributed by atoms with Gasteiger partial charge < -0.3 is 10.1 Å². The summed E-state index contributed by atoms with van der Waals surface area (Å²) >= 11 is 1.34. The standard InChI is InChI=1S/C15H18N4O2S/c1-10-13(22-9-19-10)15(20)18-8-11-6-16-14(17-7-11)12-4-2-3-5-21-12/h6-7,9,12H,2-5,8H2,1H3,(H,18,20)/t12-/m1/s1. The molecule has 2 aromatic heterocycles. The number of carbonyl (C=O) groups excluding carboxylic acids is 1. The second kappa shape index (κ2) is 6.93. The maximum Gasteiger partial charge on any atom is 0.263 e. The normalized spacial score (nSPS) is 18.1. The van der Waals surface area contributed by atoms with E-state index in [1.165, 1.54) is 11.3 Å². The Bertz CT molecular complexity index is 635. The van der Waals surface area contributed by atoms with Crippen molar-refractivity contribution < 1.29 is 9.53 Å². The Balaban J connectivity index is 1.57. The van der Waals surface area contributed by atoms with Crippen molar-refractivity contribution in [3.05, 3.63) is 39.9 Å². The van der Waals surface area contributed by atoms with Gasteiger partial charge in [-0.2, -0.15) is 0 Å². The fraction of sp³-hybridized carbons (Fsp3) is 0.467. The highest BCUT2D eigenvalue weighted by atomic mass is 32.1. The van der Waals surface area contributed by atoms with E-state index in [0.29, 0.717) is 11.4 Å². The summed E-state index contributed by atoms with van der Waals surface area (Å²) in [7, 11) is 0. The van der Waals surface area contributed by atoms with E-state index in [2.05, 4.69) is 20.3 Å². The second-order valence-electron chi connectivity index (χ2n) is 5.25. The van der Waals surface area contributed by atoms with Crippen LogP contribution >= 0.6 is 11.3 Å². The van der Waals surface area contributed by atoms with Crippen molar-refractivity contribution in [2.75, 3.05) is 6.61 Å². The molecule has 1 saturated heterocycles. The molecule has 0 saturated carbocycles. The molecule has 116 valence electrons. The molecule has 1 fully saturated rings. The lowest BCUT2D eigenvalue weighted by Gasteiger charge is -2.21. The minimum absolute atomic E-state index is 0.0113. The van der Waals surface area contributed by atoms with Crippen LogP contribution in [-0.4, -0.2) is 27.5 Å². The van der Waals surface area contributed by atoms with Crippen molar-refractivity contribution in [1.82, 2.24) is 20.3 Å². The molecular weight excluding hydrogens is 300 g/mol. The maximum absolute atomic E-state index is 12.0. The third kappa shape index (κ3) is 3.48. The first-order chi connectivity index (χ1) is 10.7. The number of carbonyl (C=O) groups is 1. The largest absolute Gasteiger partial charge is 0.370 e. The third-order valence-corrected chi connectivity index (χ3v) is 4.53. The number of hydrogen-bond donors (Lipinski definition) is 1. The van der Waals surface area contributed by atoms with Gasteiger partial charge in [0.05, 0.1) is 11.2 Å². The zero-order valence-electron chi connectivity index (χ0n) is 12.4. The summed E-state index contributed by atoms with van der Waals surface area (Å²) in [5, 5.41) is 2.86. The Morgan fingerprint density at radius 3 is 2.82 bits per heavy atom. The van der Waals surface area contributed by atoms with Crippen LogP contribution in [-0.2, 0) is 11.3 Å². The van der Waals surface area contributed by atoms with E-state index in [4.69, 9.17) is 4.74 Å². The van der Waals surface area contributed by atoms with Gasteiger partial charge in [0.15, 0.2) is 5.82 Å². The fourth-order valence-corrected chi connectivity index (χ4v) is 3.07. The lowest BCUT2D eigenvalue weighted by Crippen LogP contribution is -2.23. The van der Waals surface area contributed by atoms with Crippen LogP contribution in [0.4, 0.5) is 0 Å². The predicted molar refractivity (Wildman–Crippen MR) is 82.6 cm³/mol. The lowest BCUT2D eigenvalue weighted by atomic mass is 10.1. The molecule has 0 aromatic carbocycles. The first-order valence-electron chi connectivity index (χ1n) is 7.35. The van der Waals surface area contributed by atoms with Crippen molar-refractivity contribution in [3.63, 3.8) is 0 Å². The molecule has 6 nitrogen and oxygen atoms in total. The number of nitrogens with zero attached hydrogens (tertiary/aromatic N) is 3. The zero-order valence-corrected chi connectivity index (χ0v) is 13.2. The fourth-order valence-electron chi connectivity index (χ4n) is 2.35. The number of aryl methyl sites for hydroxylation is 1. The monoisotopic (exact) mass is 318 g/mol. The molecule has 0 spiro atoms. The lowest BCUT2D eigenvalue weighted by molar-refractivity contribution is 0.00940. The number of hydrogen-bond acceptors (Lipinski definition) is 6. The number of amides is 1. The van der Waals surface area contributed by atoms with Gasteiger partial charge in [-0.3, -0.25) is 4.79 Å². The van der Waals surface area contributed by atoms with E-state index < -0.39 is 0 Å². The number of rotatable bonds is 4. The van der Waals surface area contributed by atoms with Crippen LogP contribution < -0.4 is 5.32 Å². The van der Waals surface area contributed by atoms with Gasteiger partial charge in [0.25, 0.3) is 5.91 Å². The molecule has 2 aromatic rings. The van der Waals surface area contributed by atoms with Gasteiger partial charge >= 0.3 is 0 Å². The van der Waals surface area contributed by atoms with Crippen LogP contribution in [0.25, 0.3) is 0 Å².